The fourth-order valence-corrected chi connectivity index (χ4v) is 2.67. The van der Waals surface area contributed by atoms with E-state index >= 15 is 0 Å². The molecule has 0 unspecified atom stereocenters. The van der Waals surface area contributed by atoms with Gasteiger partial charge in [0.25, 0.3) is 5.91 Å². The second kappa shape index (κ2) is 9.64. The van der Waals surface area contributed by atoms with Crippen molar-refractivity contribution in [3.63, 3.8) is 0 Å². The predicted octanol–water partition coefficient (Wildman–Crippen LogP) is 3.59. The number of amides is 1. The average molecular weight is 391 g/mol. The molecule has 1 amide bonds. The molecule has 2 heterocycles. The number of carbonyl (C=O) groups is 1. The van der Waals surface area contributed by atoms with Crippen molar-refractivity contribution in [1.29, 1.82) is 0 Å². The zero-order chi connectivity index (χ0) is 20.6. The number of hydrogen-bond donors (Lipinski definition) is 1. The van der Waals surface area contributed by atoms with Gasteiger partial charge in [-0.2, -0.15) is 0 Å². The molecule has 0 aliphatic carbocycles. The lowest BCUT2D eigenvalue weighted by molar-refractivity contribution is 0.102. The standard InChI is InChI=1S/C22H25N5O2/c1-16(2)29-20-6-4-19(5-7-20)26-21(28)18-14-24-22(25-15-18)27(3)13-10-17-8-11-23-12-9-17/h4-9,11-12,14-16H,10,13H2,1-3H3,(H,26,28). The van der Waals surface area contributed by atoms with E-state index in [1.807, 2.05) is 50.1 Å². The van der Waals surface area contributed by atoms with Gasteiger partial charge >= 0.3 is 0 Å². The van der Waals surface area contributed by atoms with Gasteiger partial charge in [-0.15, -0.1) is 0 Å². The average Bonchev–Trinajstić information content (AvgIpc) is 2.74. The molecule has 3 aromatic rings. The molecule has 0 atom stereocenters. The van der Waals surface area contributed by atoms with Crippen molar-refractivity contribution in [1.82, 2.24) is 15.0 Å². The minimum Gasteiger partial charge on any atom is -0.491 e. The maximum absolute atomic E-state index is 12.4. The van der Waals surface area contributed by atoms with Crippen LogP contribution < -0.4 is 15.0 Å². The Balaban J connectivity index is 1.55. The fourth-order valence-electron chi connectivity index (χ4n) is 2.67. The van der Waals surface area contributed by atoms with Gasteiger partial charge < -0.3 is 15.0 Å². The molecule has 7 nitrogen and oxygen atoms in total. The summed E-state index contributed by atoms with van der Waals surface area (Å²) in [5.41, 5.74) is 2.29. The van der Waals surface area contributed by atoms with Gasteiger partial charge in [-0.25, -0.2) is 9.97 Å². The van der Waals surface area contributed by atoms with Gasteiger partial charge in [0, 0.05) is 44.1 Å². The third-order valence-corrected chi connectivity index (χ3v) is 4.21. The Morgan fingerprint density at radius 1 is 1.07 bits per heavy atom. The number of pyridine rings is 1. The number of carbonyl (C=O) groups excluding carboxylic acids is 1. The van der Waals surface area contributed by atoms with Crippen LogP contribution in [0.1, 0.15) is 29.8 Å². The zero-order valence-electron chi connectivity index (χ0n) is 16.9. The molecule has 2 aromatic heterocycles. The lowest BCUT2D eigenvalue weighted by atomic mass is 10.2. The molecular weight excluding hydrogens is 366 g/mol. The van der Waals surface area contributed by atoms with Crippen LogP contribution in [0.3, 0.4) is 0 Å². The summed E-state index contributed by atoms with van der Waals surface area (Å²) in [5, 5.41) is 2.84. The number of anilines is 2. The van der Waals surface area contributed by atoms with Gasteiger partial charge in [-0.05, 0) is 62.2 Å². The monoisotopic (exact) mass is 391 g/mol. The van der Waals surface area contributed by atoms with E-state index in [4.69, 9.17) is 4.74 Å². The molecule has 0 radical (unpaired) electrons. The first kappa shape index (κ1) is 20.3. The largest absolute Gasteiger partial charge is 0.491 e. The SMILES string of the molecule is CC(C)Oc1ccc(NC(=O)c2cnc(N(C)CCc3ccncc3)nc2)cc1. The van der Waals surface area contributed by atoms with Crippen LogP contribution in [-0.4, -0.2) is 40.6 Å². The fraction of sp³-hybridized carbons (Fsp3) is 0.273. The van der Waals surface area contributed by atoms with E-state index in [1.54, 1.807) is 24.5 Å². The molecule has 1 aromatic carbocycles. The Morgan fingerprint density at radius 2 is 1.72 bits per heavy atom. The maximum Gasteiger partial charge on any atom is 0.258 e. The van der Waals surface area contributed by atoms with Gasteiger partial charge in [0.2, 0.25) is 5.95 Å². The van der Waals surface area contributed by atoms with Gasteiger partial charge in [0.1, 0.15) is 5.75 Å². The number of hydrogen-bond acceptors (Lipinski definition) is 6. The van der Waals surface area contributed by atoms with Crippen molar-refractivity contribution >= 4 is 17.5 Å². The third-order valence-electron chi connectivity index (χ3n) is 4.21. The van der Waals surface area contributed by atoms with E-state index in [0.29, 0.717) is 17.2 Å². The Labute approximate surface area is 170 Å². The van der Waals surface area contributed by atoms with Crippen LogP contribution in [0, 0.1) is 0 Å². The Morgan fingerprint density at radius 3 is 2.34 bits per heavy atom. The molecule has 1 N–H and O–H groups in total. The van der Waals surface area contributed by atoms with E-state index in [1.165, 1.54) is 18.0 Å². The number of nitrogens with one attached hydrogen (secondary N) is 1. The van der Waals surface area contributed by atoms with Crippen molar-refractivity contribution in [2.45, 2.75) is 26.4 Å². The number of benzene rings is 1. The summed E-state index contributed by atoms with van der Waals surface area (Å²) in [6, 6.07) is 11.2. The van der Waals surface area contributed by atoms with Gasteiger partial charge in [0.05, 0.1) is 11.7 Å². The van der Waals surface area contributed by atoms with Gasteiger partial charge in [-0.3, -0.25) is 9.78 Å². The van der Waals surface area contributed by atoms with Crippen LogP contribution >= 0.6 is 0 Å². The summed E-state index contributed by atoms with van der Waals surface area (Å²) < 4.78 is 5.60. The summed E-state index contributed by atoms with van der Waals surface area (Å²) in [6.07, 6.45) is 7.61. The van der Waals surface area contributed by atoms with E-state index in [-0.39, 0.29) is 12.0 Å². The summed E-state index contributed by atoms with van der Waals surface area (Å²) in [5.74, 6) is 1.08. The topological polar surface area (TPSA) is 80.2 Å². The first-order chi connectivity index (χ1) is 14.0. The lowest BCUT2D eigenvalue weighted by Crippen LogP contribution is -2.23. The van der Waals surface area contributed by atoms with E-state index in [2.05, 4.69) is 20.3 Å². The number of likely N-dealkylation sites (N-methyl/N-ethyl adjacent to an activating group) is 1. The van der Waals surface area contributed by atoms with Crippen molar-refractivity contribution in [3.05, 3.63) is 72.3 Å². The Bertz CT molecular complexity index is 912. The summed E-state index contributed by atoms with van der Waals surface area (Å²) in [6.45, 7) is 4.70. The number of ether oxygens (including phenoxy) is 1. The number of nitrogens with zero attached hydrogens (tertiary/aromatic N) is 4. The molecule has 7 heteroatoms. The summed E-state index contributed by atoms with van der Waals surface area (Å²) in [7, 11) is 1.93. The number of aromatic nitrogens is 3. The third kappa shape index (κ3) is 6.00. The molecule has 0 spiro atoms. The second-order valence-corrected chi connectivity index (χ2v) is 6.94. The van der Waals surface area contributed by atoms with Gasteiger partial charge in [-0.1, -0.05) is 0 Å². The van der Waals surface area contributed by atoms with Crippen LogP contribution in [0.5, 0.6) is 5.75 Å². The molecule has 0 fully saturated rings. The van der Waals surface area contributed by atoms with Crippen LogP contribution in [-0.2, 0) is 6.42 Å². The molecule has 0 bridgehead atoms. The van der Waals surface area contributed by atoms with E-state index < -0.39 is 0 Å². The van der Waals surface area contributed by atoms with E-state index in [9.17, 15) is 4.79 Å². The quantitative estimate of drug-likeness (QED) is 0.632. The Hall–Kier alpha value is -3.48. The van der Waals surface area contributed by atoms with E-state index in [0.717, 1.165) is 18.7 Å². The van der Waals surface area contributed by atoms with Crippen molar-refractivity contribution < 1.29 is 9.53 Å². The molecular formula is C22H25N5O2. The smallest absolute Gasteiger partial charge is 0.258 e. The van der Waals surface area contributed by atoms with Crippen LogP contribution in [0.4, 0.5) is 11.6 Å². The zero-order valence-corrected chi connectivity index (χ0v) is 16.9. The molecule has 3 rings (SSSR count). The summed E-state index contributed by atoms with van der Waals surface area (Å²) in [4.78, 5) is 27.0. The van der Waals surface area contributed by atoms with Gasteiger partial charge in [0.15, 0.2) is 0 Å². The maximum atomic E-state index is 12.4. The van der Waals surface area contributed by atoms with Crippen molar-refractivity contribution in [3.8, 4) is 5.75 Å². The predicted molar refractivity (Wildman–Crippen MR) is 113 cm³/mol. The lowest BCUT2D eigenvalue weighted by Gasteiger charge is -2.17. The highest BCUT2D eigenvalue weighted by Gasteiger charge is 2.10. The normalized spacial score (nSPS) is 10.6. The summed E-state index contributed by atoms with van der Waals surface area (Å²) >= 11 is 0. The van der Waals surface area contributed by atoms with Crippen molar-refractivity contribution in [2.75, 3.05) is 23.8 Å². The minimum absolute atomic E-state index is 0.105. The molecule has 0 saturated heterocycles. The Kier molecular flexibility index (Phi) is 6.73. The van der Waals surface area contributed by atoms with Crippen LogP contribution in [0.25, 0.3) is 0 Å². The molecule has 29 heavy (non-hydrogen) atoms. The molecule has 0 aliphatic rings. The second-order valence-electron chi connectivity index (χ2n) is 6.94. The highest BCUT2D eigenvalue weighted by molar-refractivity contribution is 6.03. The molecule has 0 aliphatic heterocycles. The first-order valence-corrected chi connectivity index (χ1v) is 9.51. The van der Waals surface area contributed by atoms with Crippen molar-refractivity contribution in [2.24, 2.45) is 0 Å². The van der Waals surface area contributed by atoms with Crippen LogP contribution in [0.2, 0.25) is 0 Å². The highest BCUT2D eigenvalue weighted by Crippen LogP contribution is 2.17. The van der Waals surface area contributed by atoms with Crippen LogP contribution in [0.15, 0.2) is 61.2 Å². The number of rotatable bonds is 8. The molecule has 0 saturated carbocycles. The molecule has 150 valence electrons. The highest BCUT2D eigenvalue weighted by atomic mass is 16.5. The first-order valence-electron chi connectivity index (χ1n) is 9.51. The minimum atomic E-state index is -0.256.